The first-order valence-corrected chi connectivity index (χ1v) is 6.43. The number of hydrogen-bond acceptors (Lipinski definition) is 6. The van der Waals surface area contributed by atoms with Crippen LogP contribution in [0.3, 0.4) is 0 Å². The number of aliphatic hydroxyl groups is 1. The van der Waals surface area contributed by atoms with E-state index in [0.717, 1.165) is 19.3 Å². The molecular formula is C12H23N5O. The molecule has 1 heterocycles. The average molecular weight is 253 g/mol. The smallest absolute Gasteiger partial charge is 0.227 e. The molecule has 6 nitrogen and oxygen atoms in total. The van der Waals surface area contributed by atoms with E-state index in [1.54, 1.807) is 0 Å². The second-order valence-corrected chi connectivity index (χ2v) is 4.85. The highest BCUT2D eigenvalue weighted by Crippen LogP contribution is 2.07. The molecule has 0 saturated carbocycles. The van der Waals surface area contributed by atoms with E-state index in [9.17, 15) is 5.11 Å². The molecule has 1 unspecified atom stereocenters. The number of nitrogens with two attached hydrogens (primary N) is 1. The Kier molecular flexibility index (Phi) is 5.77. The Morgan fingerprint density at radius 2 is 2.00 bits per heavy atom. The zero-order valence-corrected chi connectivity index (χ0v) is 11.3. The average Bonchev–Trinajstić information content (AvgIpc) is 2.25. The minimum Gasteiger partial charge on any atom is -0.391 e. The van der Waals surface area contributed by atoms with Gasteiger partial charge in [-0.3, -0.25) is 0 Å². The standard InChI is InChI=1S/C12H23N5O/c1-4-5-10-15-11(13)17-12(16-10)14-7-9(18)6-8(2)3/h8-9,18H,4-7H2,1-3H3,(H3,13,14,15,16,17). The predicted molar refractivity (Wildman–Crippen MR) is 72.2 cm³/mol. The van der Waals surface area contributed by atoms with Crippen LogP contribution in [0.4, 0.5) is 11.9 Å². The molecule has 0 spiro atoms. The fraction of sp³-hybridized carbons (Fsp3) is 0.750. The molecule has 0 bridgehead atoms. The Morgan fingerprint density at radius 1 is 1.28 bits per heavy atom. The van der Waals surface area contributed by atoms with Gasteiger partial charge in [-0.15, -0.1) is 0 Å². The second-order valence-electron chi connectivity index (χ2n) is 4.85. The first-order chi connectivity index (χ1) is 8.51. The van der Waals surface area contributed by atoms with Crippen molar-refractivity contribution in [2.45, 2.75) is 46.1 Å². The lowest BCUT2D eigenvalue weighted by Gasteiger charge is -2.14. The number of aromatic nitrogens is 3. The lowest BCUT2D eigenvalue weighted by atomic mass is 10.1. The third-order valence-corrected chi connectivity index (χ3v) is 2.41. The number of aryl methyl sites for hydroxylation is 1. The maximum absolute atomic E-state index is 9.76. The number of hydrogen-bond donors (Lipinski definition) is 3. The summed E-state index contributed by atoms with van der Waals surface area (Å²) in [4.78, 5) is 12.3. The van der Waals surface area contributed by atoms with Crippen LogP contribution in [0, 0.1) is 5.92 Å². The summed E-state index contributed by atoms with van der Waals surface area (Å²) in [5, 5.41) is 12.8. The van der Waals surface area contributed by atoms with Crippen LogP contribution in [-0.2, 0) is 6.42 Å². The van der Waals surface area contributed by atoms with Gasteiger partial charge in [0, 0.05) is 13.0 Å². The molecule has 0 aromatic carbocycles. The number of rotatable bonds is 7. The van der Waals surface area contributed by atoms with Gasteiger partial charge in [-0.1, -0.05) is 20.8 Å². The van der Waals surface area contributed by atoms with Gasteiger partial charge in [-0.05, 0) is 18.8 Å². The van der Waals surface area contributed by atoms with E-state index in [0.29, 0.717) is 24.2 Å². The third kappa shape index (κ3) is 5.27. The summed E-state index contributed by atoms with van der Waals surface area (Å²) < 4.78 is 0. The predicted octanol–water partition coefficient (Wildman–Crippen LogP) is 1.23. The molecule has 0 aliphatic rings. The van der Waals surface area contributed by atoms with E-state index < -0.39 is 6.10 Å². The molecule has 4 N–H and O–H groups in total. The molecule has 0 aliphatic carbocycles. The van der Waals surface area contributed by atoms with E-state index in [4.69, 9.17) is 5.73 Å². The Morgan fingerprint density at radius 3 is 2.61 bits per heavy atom. The van der Waals surface area contributed by atoms with Crippen LogP contribution in [0.5, 0.6) is 0 Å². The van der Waals surface area contributed by atoms with Crippen LogP contribution >= 0.6 is 0 Å². The van der Waals surface area contributed by atoms with Gasteiger partial charge in [-0.25, -0.2) is 0 Å². The van der Waals surface area contributed by atoms with Gasteiger partial charge in [-0.2, -0.15) is 15.0 Å². The van der Waals surface area contributed by atoms with Crippen molar-refractivity contribution in [2.75, 3.05) is 17.6 Å². The Labute approximate surface area is 108 Å². The van der Waals surface area contributed by atoms with Gasteiger partial charge in [0.05, 0.1) is 6.10 Å². The van der Waals surface area contributed by atoms with Gasteiger partial charge in [0.1, 0.15) is 5.82 Å². The molecule has 1 atom stereocenters. The van der Waals surface area contributed by atoms with E-state index in [2.05, 4.69) is 41.0 Å². The monoisotopic (exact) mass is 253 g/mol. The van der Waals surface area contributed by atoms with E-state index in [1.165, 1.54) is 0 Å². The van der Waals surface area contributed by atoms with E-state index in [1.807, 2.05) is 0 Å². The van der Waals surface area contributed by atoms with Crippen LogP contribution in [0.25, 0.3) is 0 Å². The van der Waals surface area contributed by atoms with Crippen LogP contribution in [0.1, 0.15) is 39.4 Å². The summed E-state index contributed by atoms with van der Waals surface area (Å²) in [6, 6.07) is 0. The molecule has 1 aromatic rings. The SMILES string of the molecule is CCCc1nc(N)nc(NCC(O)CC(C)C)n1. The second kappa shape index (κ2) is 7.10. The third-order valence-electron chi connectivity index (χ3n) is 2.41. The van der Waals surface area contributed by atoms with Crippen molar-refractivity contribution < 1.29 is 5.11 Å². The van der Waals surface area contributed by atoms with E-state index >= 15 is 0 Å². The number of nitrogens with zero attached hydrogens (tertiary/aromatic N) is 3. The van der Waals surface area contributed by atoms with Crippen molar-refractivity contribution in [3.05, 3.63) is 5.82 Å². The van der Waals surface area contributed by atoms with Crippen LogP contribution in [-0.4, -0.2) is 32.7 Å². The number of nitrogens with one attached hydrogen (secondary N) is 1. The molecule has 0 fully saturated rings. The minimum atomic E-state index is -0.405. The quantitative estimate of drug-likeness (QED) is 0.676. The van der Waals surface area contributed by atoms with E-state index in [-0.39, 0.29) is 5.95 Å². The molecule has 0 amide bonds. The maximum atomic E-state index is 9.76. The molecule has 6 heteroatoms. The number of anilines is 2. The van der Waals surface area contributed by atoms with Gasteiger partial charge in [0.15, 0.2) is 0 Å². The molecule has 0 radical (unpaired) electrons. The minimum absolute atomic E-state index is 0.217. The fourth-order valence-corrected chi connectivity index (χ4v) is 1.69. The highest BCUT2D eigenvalue weighted by molar-refractivity contribution is 5.31. The summed E-state index contributed by atoms with van der Waals surface area (Å²) in [5.74, 6) is 1.80. The first kappa shape index (κ1) is 14.6. The first-order valence-electron chi connectivity index (χ1n) is 6.43. The zero-order valence-electron chi connectivity index (χ0n) is 11.3. The van der Waals surface area contributed by atoms with Gasteiger partial charge in [0.25, 0.3) is 0 Å². The van der Waals surface area contributed by atoms with Crippen LogP contribution in [0.2, 0.25) is 0 Å². The Balaban J connectivity index is 2.56. The molecule has 18 heavy (non-hydrogen) atoms. The Bertz CT molecular complexity index is 369. The molecule has 0 saturated heterocycles. The molecule has 1 aromatic heterocycles. The highest BCUT2D eigenvalue weighted by atomic mass is 16.3. The van der Waals surface area contributed by atoms with Crippen LogP contribution in [0.15, 0.2) is 0 Å². The van der Waals surface area contributed by atoms with Crippen molar-refractivity contribution in [2.24, 2.45) is 5.92 Å². The topological polar surface area (TPSA) is 97.0 Å². The van der Waals surface area contributed by atoms with Gasteiger partial charge >= 0.3 is 0 Å². The van der Waals surface area contributed by atoms with Crippen molar-refractivity contribution in [1.29, 1.82) is 0 Å². The normalized spacial score (nSPS) is 12.7. The fourth-order valence-electron chi connectivity index (χ4n) is 1.69. The van der Waals surface area contributed by atoms with Gasteiger partial charge < -0.3 is 16.2 Å². The largest absolute Gasteiger partial charge is 0.391 e. The number of nitrogen functional groups attached to an aromatic ring is 1. The van der Waals surface area contributed by atoms with Crippen LogP contribution < -0.4 is 11.1 Å². The summed E-state index contributed by atoms with van der Waals surface area (Å²) in [5.41, 5.74) is 5.61. The molecular weight excluding hydrogens is 230 g/mol. The summed E-state index contributed by atoms with van der Waals surface area (Å²) in [6.07, 6.45) is 2.07. The van der Waals surface area contributed by atoms with Crippen molar-refractivity contribution in [3.8, 4) is 0 Å². The summed E-state index contributed by atoms with van der Waals surface area (Å²) >= 11 is 0. The summed E-state index contributed by atoms with van der Waals surface area (Å²) in [6.45, 7) is 6.62. The maximum Gasteiger partial charge on any atom is 0.227 e. The lowest BCUT2D eigenvalue weighted by Crippen LogP contribution is -2.22. The molecule has 0 aliphatic heterocycles. The van der Waals surface area contributed by atoms with Crippen molar-refractivity contribution in [1.82, 2.24) is 15.0 Å². The Hall–Kier alpha value is -1.43. The highest BCUT2D eigenvalue weighted by Gasteiger charge is 2.09. The summed E-state index contributed by atoms with van der Waals surface area (Å²) in [7, 11) is 0. The molecule has 102 valence electrons. The lowest BCUT2D eigenvalue weighted by molar-refractivity contribution is 0.161. The van der Waals surface area contributed by atoms with Gasteiger partial charge in [0.2, 0.25) is 11.9 Å². The number of aliphatic hydroxyl groups excluding tert-OH is 1. The van der Waals surface area contributed by atoms with Crippen molar-refractivity contribution >= 4 is 11.9 Å². The zero-order chi connectivity index (χ0) is 13.5. The van der Waals surface area contributed by atoms with Crippen molar-refractivity contribution in [3.63, 3.8) is 0 Å². The molecule has 1 rings (SSSR count).